The van der Waals surface area contributed by atoms with Crippen LogP contribution in [0.2, 0.25) is 5.02 Å². The molecule has 0 amide bonds. The van der Waals surface area contributed by atoms with Gasteiger partial charge >= 0.3 is 0 Å². The summed E-state index contributed by atoms with van der Waals surface area (Å²) in [6, 6.07) is 3.53. The van der Waals surface area contributed by atoms with E-state index in [-0.39, 0.29) is 6.79 Å². The van der Waals surface area contributed by atoms with Crippen LogP contribution in [0.4, 0.5) is 0 Å². The van der Waals surface area contributed by atoms with Crippen molar-refractivity contribution >= 4 is 18.7 Å². The smallest absolute Gasteiger partial charge is 0.231 e. The quantitative estimate of drug-likeness (QED) is 0.752. The Morgan fingerprint density at radius 2 is 1.93 bits per heavy atom. The fourth-order valence-corrected chi connectivity index (χ4v) is 2.89. The average molecular weight is 247 g/mol. The molecule has 0 aliphatic carbocycles. The molecular formula is C10H12ClO3P. The van der Waals surface area contributed by atoms with Crippen molar-refractivity contribution in [1.29, 1.82) is 0 Å². The van der Waals surface area contributed by atoms with Crippen LogP contribution >= 0.6 is 18.7 Å². The molecule has 0 saturated heterocycles. The van der Waals surface area contributed by atoms with Crippen LogP contribution in [0.15, 0.2) is 12.1 Å². The molecule has 1 aromatic carbocycles. The van der Waals surface area contributed by atoms with Crippen LogP contribution in [0, 0.1) is 0 Å². The maximum absolute atomic E-state index is 11.7. The third-order valence-electron chi connectivity index (χ3n) is 2.09. The molecule has 2 rings (SSSR count). The summed E-state index contributed by atoms with van der Waals surface area (Å²) >= 11 is 6.06. The van der Waals surface area contributed by atoms with Crippen LogP contribution < -0.4 is 9.47 Å². The molecule has 0 N–H and O–H groups in total. The van der Waals surface area contributed by atoms with Crippen molar-refractivity contribution in [2.24, 2.45) is 0 Å². The zero-order valence-electron chi connectivity index (χ0n) is 8.62. The van der Waals surface area contributed by atoms with Gasteiger partial charge in [-0.3, -0.25) is 0 Å². The lowest BCUT2D eigenvalue weighted by atomic mass is 10.2. The van der Waals surface area contributed by atoms with Gasteiger partial charge in [-0.05, 0) is 25.0 Å². The summed E-state index contributed by atoms with van der Waals surface area (Å²) in [6.45, 7) is 3.72. The monoisotopic (exact) mass is 246 g/mol. The van der Waals surface area contributed by atoms with Crippen LogP contribution in [0.3, 0.4) is 0 Å². The first-order chi connectivity index (χ1) is 6.96. The Morgan fingerprint density at radius 1 is 1.33 bits per heavy atom. The maximum Gasteiger partial charge on any atom is 0.231 e. The number of rotatable bonds is 2. The van der Waals surface area contributed by atoms with Crippen LogP contribution in [0.5, 0.6) is 11.5 Å². The first-order valence-electron chi connectivity index (χ1n) is 4.58. The summed E-state index contributed by atoms with van der Waals surface area (Å²) in [4.78, 5) is 0. The van der Waals surface area contributed by atoms with E-state index in [1.165, 1.54) is 0 Å². The fraction of sp³-hybridized carbons (Fsp3) is 0.400. The third-order valence-corrected chi connectivity index (χ3v) is 3.55. The minimum atomic E-state index is -2.12. The van der Waals surface area contributed by atoms with E-state index in [2.05, 4.69) is 0 Å². The van der Waals surface area contributed by atoms with E-state index in [0.29, 0.717) is 22.7 Å². The lowest BCUT2D eigenvalue weighted by molar-refractivity contribution is 0.174. The molecule has 0 unspecified atom stereocenters. The van der Waals surface area contributed by atoms with E-state index in [1.807, 2.05) is 6.07 Å². The standard InChI is InChI=1S/C10H12ClO3P/c1-15(2,12)5-7-3-9-10(4-8(7)11)14-6-13-9/h3-4H,5-6H2,1-2H3. The second-order valence-electron chi connectivity index (χ2n) is 4.03. The second kappa shape index (κ2) is 3.73. The molecule has 0 fully saturated rings. The highest BCUT2D eigenvalue weighted by Gasteiger charge is 2.19. The number of hydrogen-bond donors (Lipinski definition) is 0. The van der Waals surface area contributed by atoms with Gasteiger partial charge in [0.25, 0.3) is 0 Å². The molecule has 15 heavy (non-hydrogen) atoms. The minimum Gasteiger partial charge on any atom is -0.454 e. The second-order valence-corrected chi connectivity index (χ2v) is 7.90. The Balaban J connectivity index is 2.37. The van der Waals surface area contributed by atoms with Gasteiger partial charge in [0.15, 0.2) is 11.5 Å². The number of halogens is 1. The van der Waals surface area contributed by atoms with Gasteiger partial charge in [-0.2, -0.15) is 0 Å². The van der Waals surface area contributed by atoms with Gasteiger partial charge in [-0.15, -0.1) is 0 Å². The van der Waals surface area contributed by atoms with Gasteiger partial charge in [0, 0.05) is 17.3 Å². The van der Waals surface area contributed by atoms with E-state index >= 15 is 0 Å². The molecule has 0 atom stereocenters. The van der Waals surface area contributed by atoms with Crippen molar-refractivity contribution < 1.29 is 14.0 Å². The predicted molar refractivity (Wildman–Crippen MR) is 60.7 cm³/mol. The Morgan fingerprint density at radius 3 is 2.53 bits per heavy atom. The molecule has 0 radical (unpaired) electrons. The number of hydrogen-bond acceptors (Lipinski definition) is 3. The van der Waals surface area contributed by atoms with Gasteiger partial charge < -0.3 is 14.0 Å². The number of benzene rings is 1. The molecule has 1 aromatic rings. The molecule has 82 valence electrons. The molecule has 0 spiro atoms. The van der Waals surface area contributed by atoms with Gasteiger partial charge in [0.2, 0.25) is 6.79 Å². The lowest BCUT2D eigenvalue weighted by Crippen LogP contribution is -1.93. The number of ether oxygens (including phenoxy) is 2. The molecule has 0 aromatic heterocycles. The minimum absolute atomic E-state index is 0.227. The van der Waals surface area contributed by atoms with E-state index < -0.39 is 7.14 Å². The van der Waals surface area contributed by atoms with Crippen LogP contribution in [0.25, 0.3) is 0 Å². The van der Waals surface area contributed by atoms with E-state index in [1.54, 1.807) is 19.4 Å². The third kappa shape index (κ3) is 2.47. The van der Waals surface area contributed by atoms with Gasteiger partial charge in [-0.1, -0.05) is 11.6 Å². The zero-order chi connectivity index (χ0) is 11.1. The molecule has 0 saturated carbocycles. The van der Waals surface area contributed by atoms with Crippen LogP contribution in [0.1, 0.15) is 5.56 Å². The Kier molecular flexibility index (Phi) is 2.70. The van der Waals surface area contributed by atoms with E-state index in [9.17, 15) is 4.57 Å². The van der Waals surface area contributed by atoms with Crippen molar-refractivity contribution in [1.82, 2.24) is 0 Å². The molecule has 1 heterocycles. The maximum atomic E-state index is 11.7. The zero-order valence-corrected chi connectivity index (χ0v) is 10.3. The van der Waals surface area contributed by atoms with Crippen molar-refractivity contribution in [3.8, 4) is 11.5 Å². The predicted octanol–water partition coefficient (Wildman–Crippen LogP) is 3.19. The Bertz CT molecular complexity index is 439. The number of fused-ring (bicyclic) bond motifs is 1. The Labute approximate surface area is 93.7 Å². The van der Waals surface area contributed by atoms with Crippen molar-refractivity contribution in [2.75, 3.05) is 20.1 Å². The van der Waals surface area contributed by atoms with Crippen molar-refractivity contribution in [3.63, 3.8) is 0 Å². The summed E-state index contributed by atoms with van der Waals surface area (Å²) in [5.74, 6) is 1.34. The molecule has 3 nitrogen and oxygen atoms in total. The highest BCUT2D eigenvalue weighted by molar-refractivity contribution is 7.61. The first-order valence-corrected chi connectivity index (χ1v) is 7.74. The topological polar surface area (TPSA) is 35.5 Å². The molecule has 0 bridgehead atoms. The molecule has 5 heteroatoms. The van der Waals surface area contributed by atoms with E-state index in [0.717, 1.165) is 5.56 Å². The Hall–Kier alpha value is -0.660. The van der Waals surface area contributed by atoms with Crippen molar-refractivity contribution in [2.45, 2.75) is 6.16 Å². The fourth-order valence-electron chi connectivity index (χ4n) is 1.49. The summed E-state index contributed by atoms with van der Waals surface area (Å²) in [7, 11) is -2.12. The first kappa shape index (κ1) is 10.8. The van der Waals surface area contributed by atoms with Gasteiger partial charge in [0.1, 0.15) is 0 Å². The summed E-state index contributed by atoms with van der Waals surface area (Å²) in [5, 5.41) is 0.586. The van der Waals surface area contributed by atoms with Crippen LogP contribution in [-0.2, 0) is 10.7 Å². The summed E-state index contributed by atoms with van der Waals surface area (Å²) < 4.78 is 22.1. The normalized spacial score (nSPS) is 14.3. The lowest BCUT2D eigenvalue weighted by Gasteiger charge is -2.09. The molecular weight excluding hydrogens is 235 g/mol. The van der Waals surface area contributed by atoms with Gasteiger partial charge in [-0.25, -0.2) is 0 Å². The van der Waals surface area contributed by atoms with Crippen LogP contribution in [-0.4, -0.2) is 20.1 Å². The van der Waals surface area contributed by atoms with Crippen molar-refractivity contribution in [3.05, 3.63) is 22.7 Å². The largest absolute Gasteiger partial charge is 0.454 e. The highest BCUT2D eigenvalue weighted by Crippen LogP contribution is 2.45. The van der Waals surface area contributed by atoms with E-state index in [4.69, 9.17) is 21.1 Å². The summed E-state index contributed by atoms with van der Waals surface area (Å²) in [5.41, 5.74) is 0.856. The van der Waals surface area contributed by atoms with Gasteiger partial charge in [0.05, 0.1) is 7.14 Å². The molecule has 1 aliphatic heterocycles. The SMILES string of the molecule is CP(C)(=O)Cc1cc2c(cc1Cl)OCO2. The summed E-state index contributed by atoms with van der Waals surface area (Å²) in [6.07, 6.45) is 0.489. The average Bonchev–Trinajstić information content (AvgIpc) is 2.49. The highest BCUT2D eigenvalue weighted by atomic mass is 35.5. The molecule has 1 aliphatic rings.